The number of methoxy groups -OCH3 is 1. The maximum absolute atomic E-state index is 13.1. The molecule has 0 spiro atoms. The minimum absolute atomic E-state index is 0.105. The normalized spacial score (nSPS) is 17.8. The lowest BCUT2D eigenvalue weighted by molar-refractivity contribution is -0.136. The van der Waals surface area contributed by atoms with E-state index in [2.05, 4.69) is 13.8 Å². The van der Waals surface area contributed by atoms with E-state index in [0.29, 0.717) is 12.0 Å². The molecule has 2 aliphatic rings. The summed E-state index contributed by atoms with van der Waals surface area (Å²) < 4.78 is 5.15. The largest absolute Gasteiger partial charge is 0.466 e. The highest BCUT2D eigenvalue weighted by Crippen LogP contribution is 2.45. The van der Waals surface area contributed by atoms with Crippen LogP contribution < -0.4 is 0 Å². The Labute approximate surface area is 189 Å². The van der Waals surface area contributed by atoms with Gasteiger partial charge in [-0.15, -0.1) is 0 Å². The molecule has 1 amide bonds. The van der Waals surface area contributed by atoms with Crippen molar-refractivity contribution in [1.29, 1.82) is 0 Å². The minimum atomic E-state index is -0.380. The summed E-state index contributed by atoms with van der Waals surface area (Å²) in [6, 6.07) is 9.53. The molecule has 1 unspecified atom stereocenters. The van der Waals surface area contributed by atoms with Crippen LogP contribution >= 0.6 is 11.8 Å². The second kappa shape index (κ2) is 10.7. The van der Waals surface area contributed by atoms with Gasteiger partial charge in [-0.2, -0.15) is 0 Å². The van der Waals surface area contributed by atoms with Crippen molar-refractivity contribution in [1.82, 2.24) is 9.80 Å². The molecule has 2 aliphatic heterocycles. The number of allylic oxidation sites excluding steroid dienone is 1. The van der Waals surface area contributed by atoms with E-state index in [1.807, 2.05) is 52.5 Å². The van der Waals surface area contributed by atoms with Gasteiger partial charge in [-0.1, -0.05) is 62.9 Å². The van der Waals surface area contributed by atoms with E-state index in [4.69, 9.17) is 9.73 Å². The van der Waals surface area contributed by atoms with Crippen molar-refractivity contribution in [2.75, 3.05) is 20.2 Å². The topological polar surface area (TPSA) is 62.2 Å². The summed E-state index contributed by atoms with van der Waals surface area (Å²) in [4.78, 5) is 34.7. The van der Waals surface area contributed by atoms with E-state index < -0.39 is 0 Å². The van der Waals surface area contributed by atoms with Crippen molar-refractivity contribution >= 4 is 28.8 Å². The number of benzene rings is 1. The van der Waals surface area contributed by atoms with E-state index in [-0.39, 0.29) is 24.3 Å². The van der Waals surface area contributed by atoms with Crippen LogP contribution in [0.25, 0.3) is 0 Å². The molecule has 1 atom stereocenters. The molecule has 0 radical (unpaired) electrons. The van der Waals surface area contributed by atoms with Crippen LogP contribution in [0.1, 0.15) is 58.1 Å². The quantitative estimate of drug-likeness (QED) is 0.512. The summed E-state index contributed by atoms with van der Waals surface area (Å²) >= 11 is 1.51. The van der Waals surface area contributed by atoms with Crippen LogP contribution in [0.4, 0.5) is 0 Å². The van der Waals surface area contributed by atoms with E-state index >= 15 is 0 Å². The molecular formula is C24H31N3O3S. The molecule has 166 valence electrons. The van der Waals surface area contributed by atoms with Crippen LogP contribution in [0, 0.1) is 0 Å². The number of amidine groups is 1. The summed E-state index contributed by atoms with van der Waals surface area (Å²) in [5.41, 5.74) is 3.12. The average molecular weight is 442 g/mol. The molecule has 0 saturated heterocycles. The highest BCUT2D eigenvalue weighted by atomic mass is 32.2. The van der Waals surface area contributed by atoms with Crippen molar-refractivity contribution < 1.29 is 14.3 Å². The van der Waals surface area contributed by atoms with Gasteiger partial charge in [-0.25, -0.2) is 9.79 Å². The first-order valence-corrected chi connectivity index (χ1v) is 11.8. The van der Waals surface area contributed by atoms with Crippen LogP contribution in [0.3, 0.4) is 0 Å². The third-order valence-electron chi connectivity index (χ3n) is 5.42. The summed E-state index contributed by atoms with van der Waals surface area (Å²) in [5.74, 6) is -0.275. The van der Waals surface area contributed by atoms with Crippen LogP contribution in [-0.4, -0.2) is 47.0 Å². The predicted octanol–water partition coefficient (Wildman–Crippen LogP) is 4.86. The second-order valence-corrected chi connectivity index (χ2v) is 8.40. The van der Waals surface area contributed by atoms with Crippen LogP contribution in [0.2, 0.25) is 0 Å². The summed E-state index contributed by atoms with van der Waals surface area (Å²) in [5, 5.41) is 2.80. The lowest BCUT2D eigenvalue weighted by Crippen LogP contribution is -2.39. The molecule has 1 aromatic rings. The maximum Gasteiger partial charge on any atom is 0.338 e. The molecule has 0 fully saturated rings. The van der Waals surface area contributed by atoms with Gasteiger partial charge in [0.2, 0.25) is 5.91 Å². The fourth-order valence-corrected chi connectivity index (χ4v) is 4.97. The Kier molecular flexibility index (Phi) is 7.96. The Balaban J connectivity index is 1.99. The first-order valence-electron chi connectivity index (χ1n) is 10.9. The zero-order chi connectivity index (χ0) is 22.4. The van der Waals surface area contributed by atoms with Crippen molar-refractivity contribution in [3.63, 3.8) is 0 Å². The van der Waals surface area contributed by atoms with E-state index in [1.54, 1.807) is 0 Å². The fraction of sp³-hybridized carbons (Fsp3) is 0.458. The highest BCUT2D eigenvalue weighted by molar-refractivity contribution is 8.16. The average Bonchev–Trinajstić information content (AvgIpc) is 3.19. The fourth-order valence-electron chi connectivity index (χ4n) is 4.03. The van der Waals surface area contributed by atoms with Gasteiger partial charge in [0.15, 0.2) is 5.17 Å². The lowest BCUT2D eigenvalue weighted by Gasteiger charge is -2.37. The number of nitrogens with zero attached hydrogens (tertiary/aromatic N) is 3. The molecule has 0 saturated carbocycles. The number of carbonyl (C=O) groups is 2. The SMILES string of the molecule is CCCN(CCC)C(=O)CC1=CSC2=NC(CC)=C(C(=O)OC)C(c3ccccc3)N12. The Morgan fingerprint density at radius 2 is 1.81 bits per heavy atom. The van der Waals surface area contributed by atoms with E-state index in [0.717, 1.165) is 48.1 Å². The van der Waals surface area contributed by atoms with Gasteiger partial charge in [0.1, 0.15) is 0 Å². The molecule has 0 aliphatic carbocycles. The monoisotopic (exact) mass is 441 g/mol. The van der Waals surface area contributed by atoms with Crippen molar-refractivity contribution in [3.8, 4) is 0 Å². The predicted molar refractivity (Wildman–Crippen MR) is 125 cm³/mol. The summed E-state index contributed by atoms with van der Waals surface area (Å²) in [6.07, 6.45) is 2.77. The highest BCUT2D eigenvalue weighted by Gasteiger charge is 2.41. The van der Waals surface area contributed by atoms with Crippen molar-refractivity contribution in [2.45, 2.75) is 52.5 Å². The van der Waals surface area contributed by atoms with Crippen molar-refractivity contribution in [2.24, 2.45) is 4.99 Å². The number of hydrogen-bond donors (Lipinski definition) is 0. The molecule has 0 aromatic heterocycles. The van der Waals surface area contributed by atoms with E-state index in [9.17, 15) is 9.59 Å². The Morgan fingerprint density at radius 1 is 1.13 bits per heavy atom. The minimum Gasteiger partial charge on any atom is -0.466 e. The van der Waals surface area contributed by atoms with Gasteiger partial charge in [0.25, 0.3) is 0 Å². The Bertz CT molecular complexity index is 902. The van der Waals surface area contributed by atoms with Gasteiger partial charge in [-0.3, -0.25) is 4.79 Å². The van der Waals surface area contributed by atoms with Gasteiger partial charge in [0.05, 0.1) is 30.8 Å². The maximum atomic E-state index is 13.1. The van der Waals surface area contributed by atoms with Crippen LogP contribution in [0.5, 0.6) is 0 Å². The molecule has 3 rings (SSSR count). The first-order chi connectivity index (χ1) is 15.0. The number of hydrogen-bond acceptors (Lipinski definition) is 6. The standard InChI is InChI=1S/C24H31N3O3S/c1-5-13-26(14-6-2)20(28)15-18-16-31-24-25-19(7-3)21(23(29)30-4)22(27(18)24)17-11-9-8-10-12-17/h8-12,16,22H,5-7,13-15H2,1-4H3. The molecule has 0 N–H and O–H groups in total. The number of thioether (sulfide) groups is 1. The molecular weight excluding hydrogens is 410 g/mol. The number of amides is 1. The molecule has 6 nitrogen and oxygen atoms in total. The third-order valence-corrected chi connectivity index (χ3v) is 6.31. The van der Waals surface area contributed by atoms with Gasteiger partial charge >= 0.3 is 5.97 Å². The van der Waals surface area contributed by atoms with Gasteiger partial charge in [-0.05, 0) is 30.2 Å². The zero-order valence-electron chi connectivity index (χ0n) is 18.8. The smallest absolute Gasteiger partial charge is 0.338 e. The third kappa shape index (κ3) is 4.87. The van der Waals surface area contributed by atoms with E-state index in [1.165, 1.54) is 18.9 Å². The number of esters is 1. The number of aliphatic imine (C=N–C) groups is 1. The number of ether oxygens (including phenoxy) is 1. The second-order valence-electron chi connectivity index (χ2n) is 7.57. The number of rotatable bonds is 9. The van der Waals surface area contributed by atoms with Gasteiger partial charge in [0, 0.05) is 18.8 Å². The first kappa shape index (κ1) is 23.1. The molecule has 1 aromatic carbocycles. The lowest BCUT2D eigenvalue weighted by atomic mass is 9.93. The number of carbonyl (C=O) groups excluding carboxylic acids is 2. The Morgan fingerprint density at radius 3 is 2.39 bits per heavy atom. The molecule has 2 heterocycles. The Hall–Kier alpha value is -2.54. The van der Waals surface area contributed by atoms with Crippen molar-refractivity contribution in [3.05, 3.63) is 58.3 Å². The summed E-state index contributed by atoms with van der Waals surface area (Å²) in [6.45, 7) is 7.67. The molecule has 7 heteroatoms. The molecule has 0 bridgehead atoms. The molecule has 31 heavy (non-hydrogen) atoms. The van der Waals surface area contributed by atoms with Crippen LogP contribution in [0.15, 0.2) is 57.7 Å². The van der Waals surface area contributed by atoms with Crippen LogP contribution in [-0.2, 0) is 14.3 Å². The zero-order valence-corrected chi connectivity index (χ0v) is 19.6. The van der Waals surface area contributed by atoms with Gasteiger partial charge < -0.3 is 14.5 Å². The summed E-state index contributed by atoms with van der Waals surface area (Å²) in [7, 11) is 1.40. The number of fused-ring (bicyclic) bond motifs is 1.